The number of esters is 1. The second kappa shape index (κ2) is 5.67. The van der Waals surface area contributed by atoms with Gasteiger partial charge < -0.3 is 9.84 Å². The van der Waals surface area contributed by atoms with Crippen LogP contribution in [0.1, 0.15) is 23.1 Å². The van der Waals surface area contributed by atoms with Crippen molar-refractivity contribution in [2.45, 2.75) is 18.4 Å². The quantitative estimate of drug-likeness (QED) is 0.697. The lowest BCUT2D eigenvalue weighted by Crippen LogP contribution is -2.49. The predicted octanol–water partition coefficient (Wildman–Crippen LogP) is 3.21. The Bertz CT molecular complexity index is 738. The van der Waals surface area contributed by atoms with Gasteiger partial charge >= 0.3 is 5.97 Å². The maximum atomic E-state index is 12.8. The highest BCUT2D eigenvalue weighted by molar-refractivity contribution is 5.82. The molecule has 0 unspecified atom stereocenters. The molecule has 0 aliphatic heterocycles. The second-order valence-corrected chi connectivity index (χ2v) is 5.98. The summed E-state index contributed by atoms with van der Waals surface area (Å²) < 4.78 is 5.09. The van der Waals surface area contributed by atoms with Gasteiger partial charge in [-0.15, -0.1) is 6.58 Å². The SMILES string of the molecule is C=CC[C@@]1(C(=O)OC)Cc2ccccc2[C@]1(O)c1ccccc1. The zero-order valence-electron chi connectivity index (χ0n) is 13.2. The highest BCUT2D eigenvalue weighted by atomic mass is 16.5. The van der Waals surface area contributed by atoms with Gasteiger partial charge in [0.1, 0.15) is 11.0 Å². The summed E-state index contributed by atoms with van der Waals surface area (Å²) in [6.45, 7) is 3.79. The maximum Gasteiger partial charge on any atom is 0.316 e. The van der Waals surface area contributed by atoms with Gasteiger partial charge in [0.15, 0.2) is 0 Å². The van der Waals surface area contributed by atoms with Gasteiger partial charge in [0, 0.05) is 0 Å². The molecule has 1 aliphatic carbocycles. The molecule has 0 radical (unpaired) electrons. The van der Waals surface area contributed by atoms with Crippen LogP contribution in [0.3, 0.4) is 0 Å². The Morgan fingerprint density at radius 2 is 1.87 bits per heavy atom. The Balaban J connectivity index is 2.32. The highest BCUT2D eigenvalue weighted by Crippen LogP contribution is 2.56. The van der Waals surface area contributed by atoms with Crippen molar-refractivity contribution in [3.63, 3.8) is 0 Å². The first-order valence-electron chi connectivity index (χ1n) is 7.66. The molecule has 2 aromatic rings. The topological polar surface area (TPSA) is 46.5 Å². The molecular weight excluding hydrogens is 288 g/mol. The monoisotopic (exact) mass is 308 g/mol. The van der Waals surface area contributed by atoms with Crippen LogP contribution < -0.4 is 0 Å². The Hall–Kier alpha value is -2.39. The van der Waals surface area contributed by atoms with E-state index in [0.29, 0.717) is 18.4 Å². The Kier molecular flexibility index (Phi) is 3.82. The lowest BCUT2D eigenvalue weighted by Gasteiger charge is -2.40. The molecular formula is C20H20O3. The van der Waals surface area contributed by atoms with Gasteiger partial charge in [0.2, 0.25) is 0 Å². The molecule has 0 saturated heterocycles. The third kappa shape index (κ3) is 2.04. The van der Waals surface area contributed by atoms with Gasteiger partial charge in [0.05, 0.1) is 7.11 Å². The van der Waals surface area contributed by atoms with Crippen molar-refractivity contribution < 1.29 is 14.6 Å². The lowest BCUT2D eigenvalue weighted by atomic mass is 9.66. The van der Waals surface area contributed by atoms with Gasteiger partial charge in [-0.05, 0) is 29.5 Å². The number of rotatable bonds is 4. The fourth-order valence-electron chi connectivity index (χ4n) is 3.81. The molecule has 0 aromatic heterocycles. The number of benzene rings is 2. The number of carbonyl (C=O) groups excluding carboxylic acids is 1. The molecule has 0 amide bonds. The Labute approximate surface area is 136 Å². The zero-order chi connectivity index (χ0) is 16.5. The third-order valence-corrected chi connectivity index (χ3v) is 4.85. The van der Waals surface area contributed by atoms with E-state index in [9.17, 15) is 9.90 Å². The van der Waals surface area contributed by atoms with E-state index in [1.54, 1.807) is 6.08 Å². The lowest BCUT2D eigenvalue weighted by molar-refractivity contribution is -0.167. The van der Waals surface area contributed by atoms with Crippen LogP contribution in [-0.4, -0.2) is 18.2 Å². The Morgan fingerprint density at radius 3 is 2.52 bits per heavy atom. The van der Waals surface area contributed by atoms with Crippen LogP contribution in [0.5, 0.6) is 0 Å². The molecule has 0 heterocycles. The van der Waals surface area contributed by atoms with E-state index in [-0.39, 0.29) is 0 Å². The van der Waals surface area contributed by atoms with Crippen molar-refractivity contribution in [1.29, 1.82) is 0 Å². The summed E-state index contributed by atoms with van der Waals surface area (Å²) in [6, 6.07) is 17.0. The van der Waals surface area contributed by atoms with Crippen LogP contribution in [0.15, 0.2) is 67.3 Å². The van der Waals surface area contributed by atoms with Crippen LogP contribution in [0, 0.1) is 5.41 Å². The van der Waals surface area contributed by atoms with E-state index in [1.807, 2.05) is 54.6 Å². The highest BCUT2D eigenvalue weighted by Gasteiger charge is 2.62. The number of hydrogen-bond acceptors (Lipinski definition) is 3. The first-order valence-corrected chi connectivity index (χ1v) is 7.66. The van der Waals surface area contributed by atoms with Crippen molar-refractivity contribution in [1.82, 2.24) is 0 Å². The Morgan fingerprint density at radius 1 is 1.22 bits per heavy atom. The molecule has 2 aromatic carbocycles. The smallest absolute Gasteiger partial charge is 0.316 e. The first kappa shape index (κ1) is 15.5. The van der Waals surface area contributed by atoms with E-state index in [0.717, 1.165) is 11.1 Å². The molecule has 3 nitrogen and oxygen atoms in total. The van der Waals surface area contributed by atoms with Crippen molar-refractivity contribution in [3.8, 4) is 0 Å². The molecule has 118 valence electrons. The van der Waals surface area contributed by atoms with Gasteiger partial charge in [-0.3, -0.25) is 4.79 Å². The summed E-state index contributed by atoms with van der Waals surface area (Å²) in [5.74, 6) is -0.417. The fourth-order valence-corrected chi connectivity index (χ4v) is 3.81. The number of carbonyl (C=O) groups is 1. The van der Waals surface area contributed by atoms with Gasteiger partial charge in [-0.25, -0.2) is 0 Å². The normalized spacial score (nSPS) is 25.7. The van der Waals surface area contributed by atoms with E-state index in [4.69, 9.17) is 4.74 Å². The van der Waals surface area contributed by atoms with E-state index < -0.39 is 17.0 Å². The van der Waals surface area contributed by atoms with Crippen LogP contribution in [0.25, 0.3) is 0 Å². The molecule has 0 bridgehead atoms. The molecule has 0 spiro atoms. The van der Waals surface area contributed by atoms with Crippen LogP contribution in [0.4, 0.5) is 0 Å². The summed E-state index contributed by atoms with van der Waals surface area (Å²) >= 11 is 0. The zero-order valence-corrected chi connectivity index (χ0v) is 13.2. The standard InChI is InChI=1S/C20H20O3/c1-3-13-19(18(21)23-2)14-15-9-7-8-12-17(15)20(19,22)16-10-5-4-6-11-16/h3-12,22H,1,13-14H2,2H3/t19-,20+/m0/s1. The number of fused-ring (bicyclic) bond motifs is 1. The summed E-state index contributed by atoms with van der Waals surface area (Å²) in [5.41, 5.74) is -0.123. The minimum absolute atomic E-state index is 0.333. The minimum atomic E-state index is -1.44. The largest absolute Gasteiger partial charge is 0.468 e. The van der Waals surface area contributed by atoms with Crippen molar-refractivity contribution in [2.75, 3.05) is 7.11 Å². The average molecular weight is 308 g/mol. The van der Waals surface area contributed by atoms with Crippen LogP contribution >= 0.6 is 0 Å². The van der Waals surface area contributed by atoms with Crippen LogP contribution in [-0.2, 0) is 21.6 Å². The molecule has 23 heavy (non-hydrogen) atoms. The number of allylic oxidation sites excluding steroid dienone is 1. The van der Waals surface area contributed by atoms with E-state index in [1.165, 1.54) is 7.11 Å². The average Bonchev–Trinajstić information content (AvgIpc) is 2.86. The van der Waals surface area contributed by atoms with E-state index in [2.05, 4.69) is 6.58 Å². The first-order chi connectivity index (χ1) is 11.1. The maximum absolute atomic E-state index is 12.8. The molecule has 1 N–H and O–H groups in total. The van der Waals surface area contributed by atoms with E-state index >= 15 is 0 Å². The number of ether oxygens (including phenoxy) is 1. The fraction of sp³-hybridized carbons (Fsp3) is 0.250. The number of hydrogen-bond donors (Lipinski definition) is 1. The number of methoxy groups -OCH3 is 1. The van der Waals surface area contributed by atoms with Crippen molar-refractivity contribution in [2.24, 2.45) is 5.41 Å². The summed E-state index contributed by atoms with van der Waals surface area (Å²) in [4.78, 5) is 12.8. The minimum Gasteiger partial charge on any atom is -0.468 e. The van der Waals surface area contributed by atoms with Gasteiger partial charge in [0.25, 0.3) is 0 Å². The van der Waals surface area contributed by atoms with Gasteiger partial charge in [-0.1, -0.05) is 60.7 Å². The molecule has 0 fully saturated rings. The summed E-state index contributed by atoms with van der Waals surface area (Å²) in [6.07, 6.45) is 2.43. The van der Waals surface area contributed by atoms with Crippen molar-refractivity contribution >= 4 is 5.97 Å². The molecule has 3 rings (SSSR count). The predicted molar refractivity (Wildman–Crippen MR) is 88.8 cm³/mol. The third-order valence-electron chi connectivity index (χ3n) is 4.85. The second-order valence-electron chi connectivity index (χ2n) is 5.98. The summed E-state index contributed by atoms with van der Waals surface area (Å²) in [5, 5.41) is 11.8. The summed E-state index contributed by atoms with van der Waals surface area (Å²) in [7, 11) is 1.36. The molecule has 3 heteroatoms. The number of aliphatic hydroxyl groups is 1. The van der Waals surface area contributed by atoms with Crippen molar-refractivity contribution in [3.05, 3.63) is 83.9 Å². The molecule has 0 saturated carbocycles. The molecule has 1 aliphatic rings. The molecule has 2 atom stereocenters. The van der Waals surface area contributed by atoms with Gasteiger partial charge in [-0.2, -0.15) is 0 Å². The van der Waals surface area contributed by atoms with Crippen LogP contribution in [0.2, 0.25) is 0 Å².